The lowest BCUT2D eigenvalue weighted by Crippen LogP contribution is -2.21. The van der Waals surface area contributed by atoms with E-state index in [1.54, 1.807) is 19.1 Å². The molecular weight excluding hydrogens is 394 g/mol. The van der Waals surface area contributed by atoms with Gasteiger partial charge in [-0.3, -0.25) is 14.4 Å². The predicted molar refractivity (Wildman–Crippen MR) is 109 cm³/mol. The molecule has 1 aromatic heterocycles. The van der Waals surface area contributed by atoms with Crippen LogP contribution in [-0.2, 0) is 19.1 Å². The summed E-state index contributed by atoms with van der Waals surface area (Å²) in [5, 5.41) is 2.56. The quantitative estimate of drug-likeness (QED) is 0.494. The van der Waals surface area contributed by atoms with E-state index >= 15 is 0 Å². The van der Waals surface area contributed by atoms with E-state index in [9.17, 15) is 19.2 Å². The van der Waals surface area contributed by atoms with Crippen molar-refractivity contribution in [2.75, 3.05) is 18.5 Å². The molecular formula is C21H23NO6S. The minimum Gasteiger partial charge on any atom is -0.462 e. The number of nitrogens with one attached hydrogen (secondary N) is 1. The molecule has 1 heterocycles. The van der Waals surface area contributed by atoms with Crippen molar-refractivity contribution in [1.82, 2.24) is 0 Å². The van der Waals surface area contributed by atoms with Crippen LogP contribution in [0.25, 0.3) is 0 Å². The van der Waals surface area contributed by atoms with Gasteiger partial charge in [0.2, 0.25) is 0 Å². The Balaban J connectivity index is 1.74. The van der Waals surface area contributed by atoms with Crippen LogP contribution in [0.2, 0.25) is 0 Å². The second kappa shape index (κ2) is 10.5. The smallest absolute Gasteiger partial charge is 0.338 e. The maximum atomic E-state index is 12.2. The summed E-state index contributed by atoms with van der Waals surface area (Å²) >= 11 is 1.54. The first-order valence-corrected chi connectivity index (χ1v) is 9.94. The predicted octanol–water partition coefficient (Wildman–Crippen LogP) is 3.69. The summed E-state index contributed by atoms with van der Waals surface area (Å²) < 4.78 is 9.80. The maximum Gasteiger partial charge on any atom is 0.338 e. The van der Waals surface area contributed by atoms with E-state index in [0.717, 1.165) is 9.75 Å². The molecule has 2 rings (SSSR count). The van der Waals surface area contributed by atoms with Crippen LogP contribution in [0.15, 0.2) is 30.3 Å². The van der Waals surface area contributed by atoms with Crippen molar-refractivity contribution >= 4 is 40.7 Å². The third-order valence-electron chi connectivity index (χ3n) is 3.94. The van der Waals surface area contributed by atoms with E-state index in [-0.39, 0.29) is 25.2 Å². The molecule has 0 spiro atoms. The summed E-state index contributed by atoms with van der Waals surface area (Å²) in [5.74, 6) is -1.69. The summed E-state index contributed by atoms with van der Waals surface area (Å²) in [6.45, 7) is 5.33. The monoisotopic (exact) mass is 417 g/mol. The van der Waals surface area contributed by atoms with Gasteiger partial charge in [-0.15, -0.1) is 11.3 Å². The molecule has 29 heavy (non-hydrogen) atoms. The summed E-state index contributed by atoms with van der Waals surface area (Å²) in [4.78, 5) is 49.4. The van der Waals surface area contributed by atoms with Gasteiger partial charge < -0.3 is 14.8 Å². The van der Waals surface area contributed by atoms with Gasteiger partial charge in [0.05, 0.1) is 18.6 Å². The number of ether oxygens (including phenoxy) is 2. The van der Waals surface area contributed by atoms with Gasteiger partial charge in [-0.2, -0.15) is 0 Å². The first kappa shape index (κ1) is 22.3. The van der Waals surface area contributed by atoms with E-state index in [0.29, 0.717) is 16.8 Å². The first-order valence-electron chi connectivity index (χ1n) is 9.13. The zero-order chi connectivity index (χ0) is 21.4. The van der Waals surface area contributed by atoms with Crippen LogP contribution in [0.4, 0.5) is 5.69 Å². The number of rotatable bonds is 9. The molecule has 1 amide bonds. The third-order valence-corrected chi connectivity index (χ3v) is 4.91. The molecule has 7 nitrogen and oxygen atoms in total. The molecule has 0 atom stereocenters. The highest BCUT2D eigenvalue weighted by Crippen LogP contribution is 2.22. The second-order valence-corrected chi connectivity index (χ2v) is 7.72. The number of hydrogen-bond donors (Lipinski definition) is 1. The lowest BCUT2D eigenvalue weighted by atomic mass is 10.1. The zero-order valence-corrected chi connectivity index (χ0v) is 17.4. The third kappa shape index (κ3) is 6.83. The summed E-state index contributed by atoms with van der Waals surface area (Å²) in [5.41, 5.74) is 1.46. The molecule has 0 unspecified atom stereocenters. The van der Waals surface area contributed by atoms with E-state index in [1.165, 1.54) is 23.5 Å². The number of thiophene rings is 1. The van der Waals surface area contributed by atoms with Gasteiger partial charge >= 0.3 is 11.9 Å². The van der Waals surface area contributed by atoms with Crippen LogP contribution < -0.4 is 5.32 Å². The summed E-state index contributed by atoms with van der Waals surface area (Å²) in [6.07, 6.45) is -0.0541. The molecule has 2 aromatic rings. The van der Waals surface area contributed by atoms with E-state index in [4.69, 9.17) is 9.47 Å². The number of ketones is 1. The number of esters is 2. The molecule has 0 saturated heterocycles. The zero-order valence-electron chi connectivity index (χ0n) is 16.6. The van der Waals surface area contributed by atoms with Crippen molar-refractivity contribution < 1.29 is 28.7 Å². The standard InChI is InChI=1S/C21H23NO6S/c1-4-27-21(26)15-5-7-16(8-6-15)22-19(24)12-28-20(25)10-9-18(23)17-11-13(2)29-14(17)3/h5-8,11H,4,9-10,12H2,1-3H3,(H,22,24). The van der Waals surface area contributed by atoms with Crippen molar-refractivity contribution in [2.24, 2.45) is 0 Å². The number of aryl methyl sites for hydroxylation is 2. The Morgan fingerprint density at radius 1 is 1.00 bits per heavy atom. The Hall–Kier alpha value is -3.00. The van der Waals surface area contributed by atoms with E-state index in [2.05, 4.69) is 5.32 Å². The lowest BCUT2D eigenvalue weighted by molar-refractivity contribution is -0.147. The van der Waals surface area contributed by atoms with Crippen LogP contribution in [0.5, 0.6) is 0 Å². The SMILES string of the molecule is CCOC(=O)c1ccc(NC(=O)COC(=O)CCC(=O)c2cc(C)sc2C)cc1. The van der Waals surface area contributed by atoms with Gasteiger partial charge in [0.15, 0.2) is 12.4 Å². The number of hydrogen-bond acceptors (Lipinski definition) is 7. The van der Waals surface area contributed by atoms with Gasteiger partial charge in [-0.05, 0) is 51.1 Å². The Bertz CT molecular complexity index is 900. The van der Waals surface area contributed by atoms with Crippen LogP contribution in [-0.4, -0.2) is 36.8 Å². The van der Waals surface area contributed by atoms with Gasteiger partial charge in [-0.1, -0.05) is 0 Å². The minimum absolute atomic E-state index is 0.0345. The number of carbonyl (C=O) groups is 4. The van der Waals surface area contributed by atoms with Crippen LogP contribution in [0.3, 0.4) is 0 Å². The van der Waals surface area contributed by atoms with Crippen molar-refractivity contribution in [3.63, 3.8) is 0 Å². The van der Waals surface area contributed by atoms with Crippen LogP contribution in [0, 0.1) is 13.8 Å². The molecule has 0 fully saturated rings. The molecule has 0 aliphatic carbocycles. The molecule has 0 radical (unpaired) electrons. The van der Waals surface area contributed by atoms with Crippen LogP contribution >= 0.6 is 11.3 Å². The fraction of sp³-hybridized carbons (Fsp3) is 0.333. The highest BCUT2D eigenvalue weighted by Gasteiger charge is 2.15. The molecule has 154 valence electrons. The number of benzene rings is 1. The van der Waals surface area contributed by atoms with Crippen molar-refractivity contribution in [3.05, 3.63) is 51.2 Å². The van der Waals surface area contributed by atoms with Gasteiger partial charge in [0, 0.05) is 27.4 Å². The van der Waals surface area contributed by atoms with E-state index in [1.807, 2.05) is 19.9 Å². The number of Topliss-reactive ketones (excluding diaryl/α,β-unsaturated/α-hetero) is 1. The topological polar surface area (TPSA) is 98.8 Å². The maximum absolute atomic E-state index is 12.2. The fourth-order valence-corrected chi connectivity index (χ4v) is 3.52. The Labute approximate surface area is 173 Å². The second-order valence-electron chi connectivity index (χ2n) is 6.26. The summed E-state index contributed by atoms with van der Waals surface area (Å²) in [6, 6.07) is 7.97. The van der Waals surface area contributed by atoms with Crippen molar-refractivity contribution in [3.8, 4) is 0 Å². The molecule has 0 saturated carbocycles. The van der Waals surface area contributed by atoms with Crippen LogP contribution in [0.1, 0.15) is 50.2 Å². The van der Waals surface area contributed by atoms with Crippen molar-refractivity contribution in [2.45, 2.75) is 33.6 Å². The average molecular weight is 417 g/mol. The Morgan fingerprint density at radius 3 is 2.28 bits per heavy atom. The highest BCUT2D eigenvalue weighted by atomic mass is 32.1. The molecule has 0 aliphatic rings. The fourth-order valence-electron chi connectivity index (χ4n) is 2.58. The Kier molecular flexibility index (Phi) is 8.09. The first-order chi connectivity index (χ1) is 13.8. The normalized spacial score (nSPS) is 10.3. The molecule has 0 aliphatic heterocycles. The average Bonchev–Trinajstić information content (AvgIpc) is 3.03. The highest BCUT2D eigenvalue weighted by molar-refractivity contribution is 7.12. The van der Waals surface area contributed by atoms with Gasteiger partial charge in [0.1, 0.15) is 0 Å². The Morgan fingerprint density at radius 2 is 1.69 bits per heavy atom. The lowest BCUT2D eigenvalue weighted by Gasteiger charge is -2.07. The molecule has 1 aromatic carbocycles. The number of anilines is 1. The van der Waals surface area contributed by atoms with Gasteiger partial charge in [0.25, 0.3) is 5.91 Å². The number of amides is 1. The molecule has 8 heteroatoms. The van der Waals surface area contributed by atoms with Gasteiger partial charge in [-0.25, -0.2) is 4.79 Å². The number of carbonyl (C=O) groups excluding carboxylic acids is 4. The molecule has 1 N–H and O–H groups in total. The van der Waals surface area contributed by atoms with Crippen molar-refractivity contribution in [1.29, 1.82) is 0 Å². The summed E-state index contributed by atoms with van der Waals surface area (Å²) in [7, 11) is 0. The van der Waals surface area contributed by atoms with E-state index < -0.39 is 24.5 Å². The minimum atomic E-state index is -0.615. The largest absolute Gasteiger partial charge is 0.462 e. The molecule has 0 bridgehead atoms.